The summed E-state index contributed by atoms with van der Waals surface area (Å²) in [6.07, 6.45) is 1.77. The zero-order valence-corrected chi connectivity index (χ0v) is 8.77. The molecule has 0 radical (unpaired) electrons. The van der Waals surface area contributed by atoms with Crippen molar-refractivity contribution >= 4 is 0 Å². The van der Waals surface area contributed by atoms with E-state index in [2.05, 4.69) is 20.6 Å². The molecule has 80 valence electrons. The largest absolute Gasteiger partial charge is 0.338 e. The second-order valence-electron chi connectivity index (χ2n) is 3.29. The molecule has 6 nitrogen and oxygen atoms in total. The number of hydrogen-bond acceptors (Lipinski definition) is 5. The van der Waals surface area contributed by atoms with Crippen LogP contribution in [0.2, 0.25) is 0 Å². The van der Waals surface area contributed by atoms with Gasteiger partial charge >= 0.3 is 0 Å². The molecule has 0 amide bonds. The highest BCUT2D eigenvalue weighted by atomic mass is 16.5. The normalized spacial score (nSPS) is 10.8. The van der Waals surface area contributed by atoms with E-state index in [-0.39, 0.29) is 0 Å². The molecule has 0 aliphatic heterocycles. The van der Waals surface area contributed by atoms with E-state index in [0.717, 1.165) is 12.2 Å². The lowest BCUT2D eigenvalue weighted by Gasteiger charge is -2.01. The molecule has 15 heavy (non-hydrogen) atoms. The van der Waals surface area contributed by atoms with Crippen LogP contribution in [0.4, 0.5) is 0 Å². The Morgan fingerprint density at radius 3 is 2.93 bits per heavy atom. The Hall–Kier alpha value is -1.69. The first kappa shape index (κ1) is 9.85. The monoisotopic (exact) mass is 207 g/mol. The quantitative estimate of drug-likeness (QED) is 0.786. The summed E-state index contributed by atoms with van der Waals surface area (Å²) in [5, 5.41) is 11.0. The molecule has 1 N–H and O–H groups in total. The van der Waals surface area contributed by atoms with Gasteiger partial charge < -0.3 is 9.84 Å². The minimum atomic E-state index is 0.575. The first-order valence-corrected chi connectivity index (χ1v) is 4.72. The van der Waals surface area contributed by atoms with Gasteiger partial charge in [-0.15, -0.1) is 0 Å². The Kier molecular flexibility index (Phi) is 2.77. The summed E-state index contributed by atoms with van der Waals surface area (Å²) < 4.78 is 6.79. The molecule has 0 aliphatic carbocycles. The lowest BCUT2D eigenvalue weighted by molar-refractivity contribution is 0.363. The van der Waals surface area contributed by atoms with Crippen LogP contribution in [-0.2, 0) is 20.1 Å². The molecule has 2 aromatic rings. The van der Waals surface area contributed by atoms with Crippen LogP contribution in [0.15, 0.2) is 16.8 Å². The van der Waals surface area contributed by atoms with Gasteiger partial charge in [-0.05, 0) is 13.0 Å². The molecule has 2 heterocycles. The zero-order chi connectivity index (χ0) is 10.7. The molecule has 0 aliphatic rings. The Labute approximate surface area is 87.3 Å². The highest BCUT2D eigenvalue weighted by Gasteiger charge is 2.02. The Morgan fingerprint density at radius 2 is 2.33 bits per heavy atom. The molecular weight excluding hydrogens is 194 g/mol. The molecule has 0 unspecified atom stereocenters. The molecule has 0 spiro atoms. The van der Waals surface area contributed by atoms with Crippen molar-refractivity contribution in [3.05, 3.63) is 29.7 Å². The standard InChI is InChI=1S/C9H13N5O/c1-7-12-9(15-13-7)6-10-5-8-3-4-11-14(8)2/h3-4,10H,5-6H2,1-2H3. The van der Waals surface area contributed by atoms with Crippen molar-refractivity contribution in [2.75, 3.05) is 0 Å². The van der Waals surface area contributed by atoms with Gasteiger partial charge in [0.05, 0.1) is 12.2 Å². The van der Waals surface area contributed by atoms with Crippen molar-refractivity contribution in [2.24, 2.45) is 7.05 Å². The lowest BCUT2D eigenvalue weighted by atomic mass is 10.4. The van der Waals surface area contributed by atoms with Gasteiger partial charge in [0.15, 0.2) is 5.82 Å². The van der Waals surface area contributed by atoms with E-state index in [4.69, 9.17) is 4.52 Å². The maximum absolute atomic E-state index is 4.97. The van der Waals surface area contributed by atoms with E-state index in [1.54, 1.807) is 13.1 Å². The molecule has 2 rings (SSSR count). The van der Waals surface area contributed by atoms with Crippen LogP contribution in [-0.4, -0.2) is 19.9 Å². The second kappa shape index (κ2) is 4.22. The zero-order valence-electron chi connectivity index (χ0n) is 8.77. The predicted molar refractivity (Wildman–Crippen MR) is 52.8 cm³/mol. The summed E-state index contributed by atoms with van der Waals surface area (Å²) in [7, 11) is 1.91. The van der Waals surface area contributed by atoms with Gasteiger partial charge in [-0.1, -0.05) is 5.16 Å². The summed E-state index contributed by atoms with van der Waals surface area (Å²) in [4.78, 5) is 4.09. The topological polar surface area (TPSA) is 68.8 Å². The average molecular weight is 207 g/mol. The Bertz CT molecular complexity index is 433. The Morgan fingerprint density at radius 1 is 1.47 bits per heavy atom. The first-order chi connectivity index (χ1) is 7.25. The van der Waals surface area contributed by atoms with E-state index in [9.17, 15) is 0 Å². The smallest absolute Gasteiger partial charge is 0.240 e. The van der Waals surface area contributed by atoms with Gasteiger partial charge in [0, 0.05) is 19.8 Å². The third-order valence-electron chi connectivity index (χ3n) is 2.07. The van der Waals surface area contributed by atoms with Gasteiger partial charge in [0.1, 0.15) is 0 Å². The van der Waals surface area contributed by atoms with Crippen LogP contribution in [0.1, 0.15) is 17.4 Å². The minimum Gasteiger partial charge on any atom is -0.338 e. The molecule has 0 atom stereocenters. The number of hydrogen-bond donors (Lipinski definition) is 1. The summed E-state index contributed by atoms with van der Waals surface area (Å²) in [5.74, 6) is 1.27. The average Bonchev–Trinajstić information content (AvgIpc) is 2.77. The summed E-state index contributed by atoms with van der Waals surface area (Å²) in [6.45, 7) is 3.11. The molecule has 0 fully saturated rings. The van der Waals surface area contributed by atoms with Crippen LogP contribution in [0.25, 0.3) is 0 Å². The van der Waals surface area contributed by atoms with Crippen LogP contribution < -0.4 is 5.32 Å². The fraction of sp³-hybridized carbons (Fsp3) is 0.444. The lowest BCUT2D eigenvalue weighted by Crippen LogP contribution is -2.15. The molecule has 6 heteroatoms. The number of nitrogens with one attached hydrogen (secondary N) is 1. The van der Waals surface area contributed by atoms with E-state index in [1.807, 2.05) is 17.8 Å². The molecule has 0 aromatic carbocycles. The second-order valence-corrected chi connectivity index (χ2v) is 3.29. The van der Waals surface area contributed by atoms with Crippen molar-refractivity contribution in [3.8, 4) is 0 Å². The third-order valence-corrected chi connectivity index (χ3v) is 2.07. The highest BCUT2D eigenvalue weighted by molar-refractivity contribution is 4.99. The summed E-state index contributed by atoms with van der Waals surface area (Å²) in [5.41, 5.74) is 1.12. The van der Waals surface area contributed by atoms with Gasteiger partial charge in [-0.3, -0.25) is 4.68 Å². The van der Waals surface area contributed by atoms with Crippen LogP contribution in [0.5, 0.6) is 0 Å². The maximum Gasteiger partial charge on any atom is 0.240 e. The molecule has 0 saturated heterocycles. The summed E-state index contributed by atoms with van der Waals surface area (Å²) in [6, 6.07) is 1.96. The first-order valence-electron chi connectivity index (χ1n) is 4.72. The van der Waals surface area contributed by atoms with Gasteiger partial charge in [-0.2, -0.15) is 10.1 Å². The highest BCUT2D eigenvalue weighted by Crippen LogP contribution is 1.98. The van der Waals surface area contributed by atoms with Crippen molar-refractivity contribution in [3.63, 3.8) is 0 Å². The van der Waals surface area contributed by atoms with Gasteiger partial charge in [0.2, 0.25) is 5.89 Å². The number of nitrogens with zero attached hydrogens (tertiary/aromatic N) is 4. The van der Waals surface area contributed by atoms with Crippen molar-refractivity contribution < 1.29 is 4.52 Å². The fourth-order valence-corrected chi connectivity index (χ4v) is 1.28. The SMILES string of the molecule is Cc1noc(CNCc2ccnn2C)n1. The molecule has 0 saturated carbocycles. The minimum absolute atomic E-state index is 0.575. The van der Waals surface area contributed by atoms with Gasteiger partial charge in [0.25, 0.3) is 0 Å². The summed E-state index contributed by atoms with van der Waals surface area (Å²) >= 11 is 0. The van der Waals surface area contributed by atoms with Crippen molar-refractivity contribution in [1.29, 1.82) is 0 Å². The third kappa shape index (κ3) is 2.41. The van der Waals surface area contributed by atoms with E-state index in [0.29, 0.717) is 18.3 Å². The molecular formula is C9H13N5O. The molecule has 2 aromatic heterocycles. The maximum atomic E-state index is 4.97. The number of aromatic nitrogens is 4. The fourth-order valence-electron chi connectivity index (χ4n) is 1.28. The van der Waals surface area contributed by atoms with Crippen LogP contribution >= 0.6 is 0 Å². The van der Waals surface area contributed by atoms with Crippen molar-refractivity contribution in [1.82, 2.24) is 25.2 Å². The van der Waals surface area contributed by atoms with Crippen molar-refractivity contribution in [2.45, 2.75) is 20.0 Å². The van der Waals surface area contributed by atoms with Crippen LogP contribution in [0.3, 0.4) is 0 Å². The number of aryl methyl sites for hydroxylation is 2. The Balaban J connectivity index is 1.83. The van der Waals surface area contributed by atoms with Gasteiger partial charge in [-0.25, -0.2) is 0 Å². The predicted octanol–water partition coefficient (Wildman–Crippen LogP) is 0.401. The number of rotatable bonds is 4. The van der Waals surface area contributed by atoms with E-state index >= 15 is 0 Å². The molecule has 0 bridgehead atoms. The van der Waals surface area contributed by atoms with Crippen LogP contribution in [0, 0.1) is 6.92 Å². The van der Waals surface area contributed by atoms with E-state index in [1.165, 1.54) is 0 Å². The van der Waals surface area contributed by atoms with E-state index < -0.39 is 0 Å².